The lowest BCUT2D eigenvalue weighted by Gasteiger charge is -2.24. The molecule has 7 heteroatoms. The third-order valence-electron chi connectivity index (χ3n) is 3.18. The average Bonchev–Trinajstić information content (AvgIpc) is 2.42. The topological polar surface area (TPSA) is 78.5 Å². The monoisotopic (exact) mass is 297 g/mol. The molecule has 0 bridgehead atoms. The molecule has 20 heavy (non-hydrogen) atoms. The summed E-state index contributed by atoms with van der Waals surface area (Å²) in [5.41, 5.74) is 2.25. The Bertz CT molecular complexity index is 613. The smallest absolute Gasteiger partial charge is 0.255 e. The molecule has 0 radical (unpaired) electrons. The first-order valence-corrected chi connectivity index (χ1v) is 8.48. The van der Waals surface area contributed by atoms with Gasteiger partial charge >= 0.3 is 0 Å². The number of anilines is 2. The number of sulfone groups is 1. The maximum Gasteiger partial charge on any atom is 0.255 e. The number of para-hydroxylation sites is 1. The van der Waals surface area contributed by atoms with Crippen molar-refractivity contribution in [1.82, 2.24) is 4.90 Å². The Balaban J connectivity index is 2.17. The summed E-state index contributed by atoms with van der Waals surface area (Å²) in [6.45, 7) is 1.76. The van der Waals surface area contributed by atoms with Gasteiger partial charge in [0.2, 0.25) is 0 Å². The highest BCUT2D eigenvalue weighted by Crippen LogP contribution is 2.28. The van der Waals surface area contributed by atoms with E-state index < -0.39 is 9.84 Å². The van der Waals surface area contributed by atoms with E-state index in [1.165, 1.54) is 11.2 Å². The fourth-order valence-electron chi connectivity index (χ4n) is 2.06. The lowest BCUT2D eigenvalue weighted by Crippen LogP contribution is -2.33. The summed E-state index contributed by atoms with van der Waals surface area (Å²) in [6.07, 6.45) is 1.17. The van der Waals surface area contributed by atoms with Crippen LogP contribution in [-0.2, 0) is 9.84 Å². The van der Waals surface area contributed by atoms with Crippen molar-refractivity contribution in [3.05, 3.63) is 23.8 Å². The normalized spacial score (nSPS) is 13.9. The van der Waals surface area contributed by atoms with Gasteiger partial charge in [0.25, 0.3) is 5.91 Å². The summed E-state index contributed by atoms with van der Waals surface area (Å²) in [7, 11) is -1.46. The summed E-state index contributed by atoms with van der Waals surface area (Å²) in [4.78, 5) is 13.8. The molecular weight excluding hydrogens is 278 g/mol. The number of carbonyl (C=O) groups excluding carboxylic acids is 1. The van der Waals surface area contributed by atoms with Gasteiger partial charge in [0, 0.05) is 32.9 Å². The highest BCUT2D eigenvalue weighted by atomic mass is 32.2. The standard InChI is InChI=1S/C13H19N3O3S/c1-16(8-9-20(2,18)19)13(17)10-4-3-5-11-12(10)15-7-6-14-11/h3-5,14-15H,6-9H2,1-2H3. The fraction of sp³-hybridized carbons (Fsp3) is 0.462. The number of fused-ring (bicyclic) bond motifs is 1. The van der Waals surface area contributed by atoms with Crippen LogP contribution >= 0.6 is 0 Å². The zero-order valence-corrected chi connectivity index (χ0v) is 12.5. The molecule has 1 aromatic carbocycles. The van der Waals surface area contributed by atoms with Crippen molar-refractivity contribution in [2.24, 2.45) is 0 Å². The molecular formula is C13H19N3O3S. The molecule has 0 unspecified atom stereocenters. The number of nitrogens with zero attached hydrogens (tertiary/aromatic N) is 1. The summed E-state index contributed by atoms with van der Waals surface area (Å²) < 4.78 is 22.3. The molecule has 6 nitrogen and oxygen atoms in total. The summed E-state index contributed by atoms with van der Waals surface area (Å²) >= 11 is 0. The number of nitrogens with one attached hydrogen (secondary N) is 2. The van der Waals surface area contributed by atoms with Crippen LogP contribution in [0.3, 0.4) is 0 Å². The molecule has 1 heterocycles. The molecule has 1 aliphatic heterocycles. The second-order valence-electron chi connectivity index (χ2n) is 4.94. The van der Waals surface area contributed by atoms with Crippen LogP contribution in [0.4, 0.5) is 11.4 Å². The number of rotatable bonds is 4. The first-order chi connectivity index (χ1) is 9.38. The van der Waals surface area contributed by atoms with Gasteiger partial charge in [0.15, 0.2) is 0 Å². The number of carbonyl (C=O) groups is 1. The molecule has 0 atom stereocenters. The Morgan fingerprint density at radius 2 is 2.00 bits per heavy atom. The van der Waals surface area contributed by atoms with Gasteiger partial charge in [0.1, 0.15) is 9.84 Å². The van der Waals surface area contributed by atoms with Crippen molar-refractivity contribution in [3.63, 3.8) is 0 Å². The molecule has 2 rings (SSSR count). The number of benzene rings is 1. The Hall–Kier alpha value is -1.76. The van der Waals surface area contributed by atoms with E-state index in [2.05, 4.69) is 10.6 Å². The predicted octanol–water partition coefficient (Wildman–Crippen LogP) is 0.641. The maximum atomic E-state index is 12.4. The quantitative estimate of drug-likeness (QED) is 0.853. The molecule has 0 fully saturated rings. The molecule has 0 saturated carbocycles. The zero-order valence-electron chi connectivity index (χ0n) is 11.6. The summed E-state index contributed by atoms with van der Waals surface area (Å²) in [5.74, 6) is -0.211. The SMILES string of the molecule is CN(CCS(C)(=O)=O)C(=O)c1cccc2c1NCCN2. The van der Waals surface area contributed by atoms with Gasteiger partial charge in [0.05, 0.1) is 22.7 Å². The molecule has 2 N–H and O–H groups in total. The molecule has 0 aliphatic carbocycles. The lowest BCUT2D eigenvalue weighted by atomic mass is 10.1. The van der Waals surface area contributed by atoms with Gasteiger partial charge in [-0.25, -0.2) is 8.42 Å². The van der Waals surface area contributed by atoms with Gasteiger partial charge in [-0.15, -0.1) is 0 Å². The lowest BCUT2D eigenvalue weighted by molar-refractivity contribution is 0.0804. The van der Waals surface area contributed by atoms with Crippen LogP contribution in [0, 0.1) is 0 Å². The van der Waals surface area contributed by atoms with E-state index in [0.29, 0.717) is 5.56 Å². The van der Waals surface area contributed by atoms with Crippen LogP contribution in [-0.4, -0.2) is 57.9 Å². The Kier molecular flexibility index (Phi) is 4.17. The Labute approximate surface area is 119 Å². The summed E-state index contributed by atoms with van der Waals surface area (Å²) in [5, 5.41) is 6.44. The van der Waals surface area contributed by atoms with Crippen molar-refractivity contribution < 1.29 is 13.2 Å². The number of amides is 1. The van der Waals surface area contributed by atoms with E-state index in [4.69, 9.17) is 0 Å². The van der Waals surface area contributed by atoms with Crippen LogP contribution in [0.15, 0.2) is 18.2 Å². The van der Waals surface area contributed by atoms with Crippen molar-refractivity contribution in [1.29, 1.82) is 0 Å². The van der Waals surface area contributed by atoms with Gasteiger partial charge < -0.3 is 15.5 Å². The largest absolute Gasteiger partial charge is 0.382 e. The minimum absolute atomic E-state index is 0.0318. The second-order valence-corrected chi connectivity index (χ2v) is 7.20. The van der Waals surface area contributed by atoms with E-state index >= 15 is 0 Å². The minimum atomic E-state index is -3.07. The fourth-order valence-corrected chi connectivity index (χ4v) is 2.67. The Morgan fingerprint density at radius 1 is 1.30 bits per heavy atom. The molecule has 0 aromatic heterocycles. The van der Waals surface area contributed by atoms with E-state index in [1.54, 1.807) is 13.1 Å². The van der Waals surface area contributed by atoms with Crippen molar-refractivity contribution in [2.45, 2.75) is 0 Å². The van der Waals surface area contributed by atoms with Gasteiger partial charge in [-0.2, -0.15) is 0 Å². The third-order valence-corrected chi connectivity index (χ3v) is 4.11. The van der Waals surface area contributed by atoms with Crippen LogP contribution in [0.5, 0.6) is 0 Å². The highest BCUT2D eigenvalue weighted by molar-refractivity contribution is 7.90. The van der Waals surface area contributed by atoms with E-state index in [9.17, 15) is 13.2 Å². The Morgan fingerprint density at radius 3 is 2.70 bits per heavy atom. The van der Waals surface area contributed by atoms with Crippen molar-refractivity contribution >= 4 is 27.1 Å². The van der Waals surface area contributed by atoms with Crippen LogP contribution in [0.2, 0.25) is 0 Å². The van der Waals surface area contributed by atoms with Crippen molar-refractivity contribution in [2.75, 3.05) is 49.3 Å². The molecule has 1 amide bonds. The van der Waals surface area contributed by atoms with Gasteiger partial charge in [-0.1, -0.05) is 6.07 Å². The minimum Gasteiger partial charge on any atom is -0.382 e. The van der Waals surface area contributed by atoms with Crippen LogP contribution in [0.25, 0.3) is 0 Å². The zero-order chi connectivity index (χ0) is 14.8. The summed E-state index contributed by atoms with van der Waals surface area (Å²) in [6, 6.07) is 5.48. The van der Waals surface area contributed by atoms with E-state index in [1.807, 2.05) is 12.1 Å². The number of hydrogen-bond acceptors (Lipinski definition) is 5. The van der Waals surface area contributed by atoms with Gasteiger partial charge in [-0.05, 0) is 12.1 Å². The number of hydrogen-bond donors (Lipinski definition) is 2. The first kappa shape index (κ1) is 14.6. The molecule has 110 valence electrons. The van der Waals surface area contributed by atoms with E-state index in [-0.39, 0.29) is 18.2 Å². The molecule has 0 spiro atoms. The van der Waals surface area contributed by atoms with Gasteiger partial charge in [-0.3, -0.25) is 4.79 Å². The molecule has 1 aromatic rings. The average molecular weight is 297 g/mol. The van der Waals surface area contributed by atoms with E-state index in [0.717, 1.165) is 24.5 Å². The molecule has 1 aliphatic rings. The first-order valence-electron chi connectivity index (χ1n) is 6.42. The highest BCUT2D eigenvalue weighted by Gasteiger charge is 2.20. The van der Waals surface area contributed by atoms with Crippen molar-refractivity contribution in [3.8, 4) is 0 Å². The third kappa shape index (κ3) is 3.41. The second kappa shape index (κ2) is 5.70. The van der Waals surface area contributed by atoms with Crippen LogP contribution < -0.4 is 10.6 Å². The molecule has 0 saturated heterocycles. The maximum absolute atomic E-state index is 12.4. The van der Waals surface area contributed by atoms with Crippen LogP contribution in [0.1, 0.15) is 10.4 Å². The predicted molar refractivity (Wildman–Crippen MR) is 80.1 cm³/mol.